The van der Waals surface area contributed by atoms with Gasteiger partial charge in [-0.25, -0.2) is 4.98 Å². The fourth-order valence-electron chi connectivity index (χ4n) is 1.44. The van der Waals surface area contributed by atoms with Crippen molar-refractivity contribution in [3.05, 3.63) is 48.2 Å². The zero-order valence-electron chi connectivity index (χ0n) is 8.36. The SMILES string of the molecule is ICC/C=C/c1ccc2ccccc2n1. The van der Waals surface area contributed by atoms with E-state index in [9.17, 15) is 0 Å². The Morgan fingerprint density at radius 3 is 2.87 bits per heavy atom. The topological polar surface area (TPSA) is 12.9 Å². The maximum absolute atomic E-state index is 4.56. The molecule has 2 rings (SSSR count). The third-order valence-corrected chi connectivity index (χ3v) is 2.81. The van der Waals surface area contributed by atoms with E-state index in [1.165, 1.54) is 5.39 Å². The lowest BCUT2D eigenvalue weighted by molar-refractivity contribution is 1.28. The molecule has 2 aromatic rings. The zero-order chi connectivity index (χ0) is 10.5. The van der Waals surface area contributed by atoms with Crippen LogP contribution in [0.3, 0.4) is 0 Å². The summed E-state index contributed by atoms with van der Waals surface area (Å²) in [5.41, 5.74) is 2.10. The molecule has 0 radical (unpaired) electrons. The van der Waals surface area contributed by atoms with Gasteiger partial charge in [0.05, 0.1) is 11.2 Å². The zero-order valence-corrected chi connectivity index (χ0v) is 10.5. The molecule has 0 unspecified atom stereocenters. The number of alkyl halides is 1. The van der Waals surface area contributed by atoms with Crippen LogP contribution in [0, 0.1) is 0 Å². The van der Waals surface area contributed by atoms with E-state index in [-0.39, 0.29) is 0 Å². The maximum Gasteiger partial charge on any atom is 0.0709 e. The number of para-hydroxylation sites is 1. The molecule has 0 aliphatic carbocycles. The highest BCUT2D eigenvalue weighted by molar-refractivity contribution is 14.1. The summed E-state index contributed by atoms with van der Waals surface area (Å²) >= 11 is 2.37. The standard InChI is InChI=1S/C13H12IN/c14-10-4-3-6-12-9-8-11-5-1-2-7-13(11)15-12/h1-3,5-9H,4,10H2/b6-3+. The Balaban J connectivity index is 2.30. The molecule has 0 fully saturated rings. The number of allylic oxidation sites excluding steroid dienone is 1. The largest absolute Gasteiger partial charge is 0.248 e. The summed E-state index contributed by atoms with van der Waals surface area (Å²) in [6.07, 6.45) is 5.36. The van der Waals surface area contributed by atoms with Crippen LogP contribution in [0.2, 0.25) is 0 Å². The van der Waals surface area contributed by atoms with Crippen molar-refractivity contribution in [1.29, 1.82) is 0 Å². The second-order valence-corrected chi connectivity index (χ2v) is 4.39. The second-order valence-electron chi connectivity index (χ2n) is 3.31. The van der Waals surface area contributed by atoms with Crippen molar-refractivity contribution in [3.8, 4) is 0 Å². The van der Waals surface area contributed by atoms with Crippen molar-refractivity contribution in [2.75, 3.05) is 4.43 Å². The molecule has 1 nitrogen and oxygen atoms in total. The van der Waals surface area contributed by atoms with E-state index < -0.39 is 0 Å². The number of halogens is 1. The Hall–Kier alpha value is -0.900. The van der Waals surface area contributed by atoms with Gasteiger partial charge in [0.15, 0.2) is 0 Å². The van der Waals surface area contributed by atoms with Crippen molar-refractivity contribution >= 4 is 39.6 Å². The van der Waals surface area contributed by atoms with Crippen molar-refractivity contribution in [2.24, 2.45) is 0 Å². The highest BCUT2D eigenvalue weighted by Crippen LogP contribution is 2.12. The average Bonchev–Trinajstić information content (AvgIpc) is 2.29. The van der Waals surface area contributed by atoms with Gasteiger partial charge in [-0.2, -0.15) is 0 Å². The molecular formula is C13H12IN. The number of benzene rings is 1. The van der Waals surface area contributed by atoms with Gasteiger partial charge in [0.2, 0.25) is 0 Å². The highest BCUT2D eigenvalue weighted by Gasteiger charge is 1.93. The molecule has 0 bridgehead atoms. The van der Waals surface area contributed by atoms with Gasteiger partial charge in [0, 0.05) is 9.81 Å². The van der Waals surface area contributed by atoms with Crippen LogP contribution in [0.1, 0.15) is 12.1 Å². The molecule has 0 aliphatic heterocycles. The Morgan fingerprint density at radius 2 is 2.00 bits per heavy atom. The summed E-state index contributed by atoms with van der Waals surface area (Å²) in [5.74, 6) is 0. The normalized spacial score (nSPS) is 11.3. The Bertz CT molecular complexity index is 477. The lowest BCUT2D eigenvalue weighted by Crippen LogP contribution is -1.82. The molecule has 0 aliphatic rings. The molecule has 0 atom stereocenters. The predicted octanol–water partition coefficient (Wildman–Crippen LogP) is 4.07. The Kier molecular flexibility index (Phi) is 3.72. The Labute approximate surface area is 103 Å². The first-order valence-electron chi connectivity index (χ1n) is 4.98. The minimum atomic E-state index is 1.04. The summed E-state index contributed by atoms with van der Waals surface area (Å²) in [5, 5.41) is 1.20. The summed E-state index contributed by atoms with van der Waals surface area (Å²) < 4.78 is 1.15. The van der Waals surface area contributed by atoms with E-state index >= 15 is 0 Å². The smallest absolute Gasteiger partial charge is 0.0709 e. The van der Waals surface area contributed by atoms with Gasteiger partial charge in [-0.1, -0.05) is 52.9 Å². The number of nitrogens with zero attached hydrogens (tertiary/aromatic N) is 1. The number of pyridine rings is 1. The monoisotopic (exact) mass is 309 g/mol. The molecule has 0 amide bonds. The first kappa shape index (κ1) is 10.6. The molecular weight excluding hydrogens is 297 g/mol. The highest BCUT2D eigenvalue weighted by atomic mass is 127. The van der Waals surface area contributed by atoms with E-state index in [2.05, 4.69) is 57.9 Å². The van der Waals surface area contributed by atoms with Gasteiger partial charge in [0.1, 0.15) is 0 Å². The molecule has 2 heteroatoms. The molecule has 0 saturated carbocycles. The third-order valence-electron chi connectivity index (χ3n) is 2.18. The maximum atomic E-state index is 4.56. The predicted molar refractivity (Wildman–Crippen MR) is 74.3 cm³/mol. The van der Waals surface area contributed by atoms with Crippen molar-refractivity contribution in [3.63, 3.8) is 0 Å². The summed E-state index contributed by atoms with van der Waals surface area (Å²) in [7, 11) is 0. The van der Waals surface area contributed by atoms with E-state index in [0.717, 1.165) is 22.1 Å². The summed E-state index contributed by atoms with van der Waals surface area (Å²) in [6, 6.07) is 12.4. The lowest BCUT2D eigenvalue weighted by atomic mass is 10.2. The van der Waals surface area contributed by atoms with Gasteiger partial charge in [-0.15, -0.1) is 0 Å². The first-order valence-corrected chi connectivity index (χ1v) is 6.51. The fourth-order valence-corrected chi connectivity index (χ4v) is 1.80. The molecule has 15 heavy (non-hydrogen) atoms. The van der Waals surface area contributed by atoms with Gasteiger partial charge in [0.25, 0.3) is 0 Å². The van der Waals surface area contributed by atoms with E-state index in [4.69, 9.17) is 0 Å². The van der Waals surface area contributed by atoms with E-state index in [0.29, 0.717) is 0 Å². The number of rotatable bonds is 3. The Morgan fingerprint density at radius 1 is 1.13 bits per heavy atom. The number of hydrogen-bond acceptors (Lipinski definition) is 1. The van der Waals surface area contributed by atoms with E-state index in [1.54, 1.807) is 0 Å². The van der Waals surface area contributed by atoms with Gasteiger partial charge < -0.3 is 0 Å². The minimum absolute atomic E-state index is 1.04. The number of hydrogen-bond donors (Lipinski definition) is 0. The van der Waals surface area contributed by atoms with Crippen molar-refractivity contribution < 1.29 is 0 Å². The third kappa shape index (κ3) is 2.78. The van der Waals surface area contributed by atoms with E-state index in [1.807, 2.05) is 18.2 Å². The number of aromatic nitrogens is 1. The first-order chi connectivity index (χ1) is 7.40. The van der Waals surface area contributed by atoms with Crippen LogP contribution in [0.25, 0.3) is 17.0 Å². The van der Waals surface area contributed by atoms with Crippen LogP contribution in [-0.4, -0.2) is 9.41 Å². The van der Waals surface area contributed by atoms with Crippen LogP contribution in [-0.2, 0) is 0 Å². The summed E-state index contributed by atoms with van der Waals surface area (Å²) in [4.78, 5) is 4.56. The molecule has 0 saturated heterocycles. The number of fused-ring (bicyclic) bond motifs is 1. The van der Waals surface area contributed by atoms with Gasteiger partial charge in [-0.05, 0) is 24.6 Å². The summed E-state index contributed by atoms with van der Waals surface area (Å²) in [6.45, 7) is 0. The minimum Gasteiger partial charge on any atom is -0.248 e. The van der Waals surface area contributed by atoms with Crippen LogP contribution >= 0.6 is 22.6 Å². The molecule has 0 N–H and O–H groups in total. The second kappa shape index (κ2) is 5.26. The molecule has 1 aromatic heterocycles. The molecule has 1 heterocycles. The molecule has 0 spiro atoms. The fraction of sp³-hybridized carbons (Fsp3) is 0.154. The molecule has 1 aromatic carbocycles. The van der Waals surface area contributed by atoms with Crippen molar-refractivity contribution in [2.45, 2.75) is 6.42 Å². The average molecular weight is 309 g/mol. The lowest BCUT2D eigenvalue weighted by Gasteiger charge is -1.97. The van der Waals surface area contributed by atoms with Crippen molar-refractivity contribution in [1.82, 2.24) is 4.98 Å². The van der Waals surface area contributed by atoms with Crippen LogP contribution in [0.5, 0.6) is 0 Å². The van der Waals surface area contributed by atoms with Crippen LogP contribution in [0.4, 0.5) is 0 Å². The van der Waals surface area contributed by atoms with Crippen LogP contribution < -0.4 is 0 Å². The quantitative estimate of drug-likeness (QED) is 0.615. The van der Waals surface area contributed by atoms with Crippen LogP contribution in [0.15, 0.2) is 42.5 Å². The van der Waals surface area contributed by atoms with Gasteiger partial charge >= 0.3 is 0 Å². The van der Waals surface area contributed by atoms with Gasteiger partial charge in [-0.3, -0.25) is 0 Å². The molecule has 76 valence electrons.